The number of nitrogens with one attached hydrogen (secondary N) is 1. The van der Waals surface area contributed by atoms with Gasteiger partial charge in [-0.1, -0.05) is 12.1 Å². The van der Waals surface area contributed by atoms with E-state index < -0.39 is 11.5 Å². The van der Waals surface area contributed by atoms with Crippen LogP contribution in [-0.4, -0.2) is 31.8 Å². The topological polar surface area (TPSA) is 112 Å². The van der Waals surface area contributed by atoms with Gasteiger partial charge in [-0.15, -0.1) is 10.2 Å². The van der Waals surface area contributed by atoms with Gasteiger partial charge in [-0.2, -0.15) is 0 Å². The molecule has 0 aliphatic rings. The lowest BCUT2D eigenvalue weighted by molar-refractivity contribution is -0.116. The second kappa shape index (κ2) is 7.10. The van der Waals surface area contributed by atoms with Crippen LogP contribution < -0.4 is 15.6 Å². The average molecular weight is 379 g/mol. The van der Waals surface area contributed by atoms with Crippen LogP contribution in [0.2, 0.25) is 0 Å². The number of carbonyl (C=O) groups excluding carboxylic acids is 1. The van der Waals surface area contributed by atoms with Crippen LogP contribution in [0.15, 0.2) is 51.9 Å². The highest BCUT2D eigenvalue weighted by Gasteiger charge is 2.15. The van der Waals surface area contributed by atoms with E-state index in [1.54, 1.807) is 18.2 Å². The lowest BCUT2D eigenvalue weighted by Gasteiger charge is -2.09. The second-order valence-electron chi connectivity index (χ2n) is 6.43. The Kier molecular flexibility index (Phi) is 4.48. The minimum atomic E-state index is -0.439. The number of aromatic nitrogens is 4. The molecule has 4 aromatic rings. The van der Waals surface area contributed by atoms with Crippen molar-refractivity contribution in [2.45, 2.75) is 26.5 Å². The predicted octanol–water partition coefficient (Wildman–Crippen LogP) is 2.36. The van der Waals surface area contributed by atoms with Crippen LogP contribution in [0.3, 0.4) is 0 Å². The molecule has 142 valence electrons. The first-order valence-electron chi connectivity index (χ1n) is 8.68. The molecule has 0 unspecified atom stereocenters. The number of nitrogens with zero attached hydrogens (tertiary/aromatic N) is 4. The Morgan fingerprint density at radius 3 is 2.79 bits per heavy atom. The summed E-state index contributed by atoms with van der Waals surface area (Å²) in [6.07, 6.45) is 1.31. The third-order valence-electron chi connectivity index (χ3n) is 3.93. The molecule has 0 saturated heterocycles. The summed E-state index contributed by atoms with van der Waals surface area (Å²) < 4.78 is 12.2. The van der Waals surface area contributed by atoms with Gasteiger partial charge in [0.05, 0.1) is 12.4 Å². The fourth-order valence-electron chi connectivity index (χ4n) is 2.76. The number of amides is 1. The Bertz CT molecular complexity index is 1210. The van der Waals surface area contributed by atoms with Crippen molar-refractivity contribution in [1.82, 2.24) is 19.7 Å². The molecular weight excluding hydrogens is 362 g/mol. The second-order valence-corrected chi connectivity index (χ2v) is 6.43. The summed E-state index contributed by atoms with van der Waals surface area (Å²) in [6, 6.07) is 10.4. The van der Waals surface area contributed by atoms with E-state index in [0.29, 0.717) is 17.0 Å². The van der Waals surface area contributed by atoms with Crippen molar-refractivity contribution in [3.05, 3.63) is 53.1 Å². The Hall–Kier alpha value is -3.75. The predicted molar refractivity (Wildman–Crippen MR) is 102 cm³/mol. The molecule has 28 heavy (non-hydrogen) atoms. The molecule has 9 heteroatoms. The van der Waals surface area contributed by atoms with E-state index in [2.05, 4.69) is 20.5 Å². The van der Waals surface area contributed by atoms with E-state index in [4.69, 9.17) is 9.15 Å². The smallest absolute Gasteiger partial charge is 0.297 e. The van der Waals surface area contributed by atoms with Crippen molar-refractivity contribution in [1.29, 1.82) is 0 Å². The minimum Gasteiger partial charge on any atom is -0.474 e. The standard InChI is InChI=1S/C19H17N5O4/c1-11(2)27-16-8-7-14(22-23-16)21-15(25)9-24-10-20-17-12-5-3-4-6-13(12)28-18(17)19(24)26/h3-8,10-11H,9H2,1-2H3,(H,21,22,25). The molecule has 4 rings (SSSR count). The molecule has 0 saturated carbocycles. The molecule has 0 radical (unpaired) electrons. The van der Waals surface area contributed by atoms with Crippen LogP contribution in [0, 0.1) is 0 Å². The summed E-state index contributed by atoms with van der Waals surface area (Å²) in [4.78, 5) is 29.2. The zero-order valence-corrected chi connectivity index (χ0v) is 15.2. The summed E-state index contributed by atoms with van der Waals surface area (Å²) in [6.45, 7) is 3.52. The average Bonchev–Trinajstić information content (AvgIpc) is 3.05. The molecule has 3 heterocycles. The van der Waals surface area contributed by atoms with Gasteiger partial charge < -0.3 is 14.5 Å². The highest BCUT2D eigenvalue weighted by molar-refractivity contribution is 6.01. The molecule has 1 amide bonds. The minimum absolute atomic E-state index is 0.0257. The van der Waals surface area contributed by atoms with Crippen molar-refractivity contribution < 1.29 is 13.9 Å². The van der Waals surface area contributed by atoms with Crippen LogP contribution in [0.25, 0.3) is 22.1 Å². The number of ether oxygens (including phenoxy) is 1. The fraction of sp³-hybridized carbons (Fsp3) is 0.211. The summed E-state index contributed by atoms with van der Waals surface area (Å²) in [5, 5.41) is 11.1. The number of rotatable bonds is 5. The highest BCUT2D eigenvalue weighted by Crippen LogP contribution is 2.24. The van der Waals surface area contributed by atoms with Gasteiger partial charge in [0, 0.05) is 11.5 Å². The first-order valence-corrected chi connectivity index (χ1v) is 8.68. The molecule has 0 aliphatic heterocycles. The van der Waals surface area contributed by atoms with Gasteiger partial charge >= 0.3 is 0 Å². The first-order chi connectivity index (χ1) is 13.5. The molecule has 0 aliphatic carbocycles. The number of hydrogen-bond donors (Lipinski definition) is 1. The molecule has 0 atom stereocenters. The molecule has 1 N–H and O–H groups in total. The maximum absolute atomic E-state index is 12.6. The number of fused-ring (bicyclic) bond motifs is 3. The maximum atomic E-state index is 12.6. The van der Waals surface area contributed by atoms with Gasteiger partial charge in [0.1, 0.15) is 17.6 Å². The number of para-hydroxylation sites is 1. The SMILES string of the molecule is CC(C)Oc1ccc(NC(=O)Cn2cnc3c(oc4ccccc43)c2=O)nn1. The van der Waals surface area contributed by atoms with Gasteiger partial charge in [0.15, 0.2) is 5.82 Å². The first kappa shape index (κ1) is 17.7. The van der Waals surface area contributed by atoms with E-state index in [0.717, 1.165) is 5.39 Å². The largest absolute Gasteiger partial charge is 0.474 e. The molecule has 1 aromatic carbocycles. The maximum Gasteiger partial charge on any atom is 0.297 e. The van der Waals surface area contributed by atoms with Gasteiger partial charge in [-0.25, -0.2) is 4.98 Å². The fourth-order valence-corrected chi connectivity index (χ4v) is 2.76. The summed E-state index contributed by atoms with van der Waals surface area (Å²) in [7, 11) is 0. The van der Waals surface area contributed by atoms with Crippen LogP contribution in [0.1, 0.15) is 13.8 Å². The van der Waals surface area contributed by atoms with Crippen LogP contribution >= 0.6 is 0 Å². The van der Waals surface area contributed by atoms with Gasteiger partial charge in [0.2, 0.25) is 17.4 Å². The zero-order valence-electron chi connectivity index (χ0n) is 15.2. The van der Waals surface area contributed by atoms with Gasteiger partial charge in [-0.05, 0) is 32.0 Å². The number of benzene rings is 1. The van der Waals surface area contributed by atoms with Crippen molar-refractivity contribution in [2.75, 3.05) is 5.32 Å². The molecule has 3 aromatic heterocycles. The van der Waals surface area contributed by atoms with E-state index >= 15 is 0 Å². The number of furan rings is 1. The molecule has 9 nitrogen and oxygen atoms in total. The third-order valence-corrected chi connectivity index (χ3v) is 3.93. The van der Waals surface area contributed by atoms with Gasteiger partial charge in [0.25, 0.3) is 5.56 Å². The molecule has 0 spiro atoms. The number of anilines is 1. The Morgan fingerprint density at radius 1 is 1.21 bits per heavy atom. The third kappa shape index (κ3) is 3.41. The summed E-state index contributed by atoms with van der Waals surface area (Å²) in [5.41, 5.74) is 0.738. The zero-order chi connectivity index (χ0) is 19.7. The molecule has 0 fully saturated rings. The lowest BCUT2D eigenvalue weighted by Crippen LogP contribution is -2.28. The Labute approximate surface area is 159 Å². The lowest BCUT2D eigenvalue weighted by atomic mass is 10.2. The van der Waals surface area contributed by atoms with Crippen molar-refractivity contribution in [3.8, 4) is 5.88 Å². The Morgan fingerprint density at radius 2 is 2.04 bits per heavy atom. The van der Waals surface area contributed by atoms with Crippen molar-refractivity contribution in [3.63, 3.8) is 0 Å². The van der Waals surface area contributed by atoms with Crippen LogP contribution in [0.5, 0.6) is 5.88 Å². The van der Waals surface area contributed by atoms with Crippen molar-refractivity contribution in [2.24, 2.45) is 0 Å². The normalized spacial score (nSPS) is 11.2. The van der Waals surface area contributed by atoms with E-state index in [-0.39, 0.29) is 24.0 Å². The van der Waals surface area contributed by atoms with Crippen molar-refractivity contribution >= 4 is 33.8 Å². The van der Waals surface area contributed by atoms with E-state index in [1.165, 1.54) is 10.9 Å². The van der Waals surface area contributed by atoms with E-state index in [1.807, 2.05) is 32.0 Å². The Balaban J connectivity index is 1.53. The van der Waals surface area contributed by atoms with Crippen LogP contribution in [-0.2, 0) is 11.3 Å². The summed E-state index contributed by atoms with van der Waals surface area (Å²) >= 11 is 0. The monoisotopic (exact) mass is 379 g/mol. The van der Waals surface area contributed by atoms with Gasteiger partial charge in [-0.3, -0.25) is 14.2 Å². The van der Waals surface area contributed by atoms with Crippen LogP contribution in [0.4, 0.5) is 5.82 Å². The quantitative estimate of drug-likeness (QED) is 0.566. The highest BCUT2D eigenvalue weighted by atomic mass is 16.5. The molecular formula is C19H17N5O4. The van der Waals surface area contributed by atoms with E-state index in [9.17, 15) is 9.59 Å². The number of carbonyl (C=O) groups is 1. The summed E-state index contributed by atoms with van der Waals surface area (Å²) in [5.74, 6) is 0.182. The number of hydrogen-bond acceptors (Lipinski definition) is 7. The molecule has 0 bridgehead atoms.